The largest absolute Gasteiger partial charge is 0.314 e. The molecular formula is C12H26N2O2S. The summed E-state index contributed by atoms with van der Waals surface area (Å²) in [5.74, 6) is 0.710. The predicted octanol–water partition coefficient (Wildman–Crippen LogP) is 1.48. The SMILES string of the molecule is CCC(CC)CNS(=O)(=O)CCCNC1CC1. The van der Waals surface area contributed by atoms with Gasteiger partial charge in [-0.2, -0.15) is 0 Å². The quantitative estimate of drug-likeness (QED) is 0.586. The first-order valence-corrected chi connectivity index (χ1v) is 8.43. The molecule has 0 amide bonds. The Hall–Kier alpha value is -0.130. The molecule has 4 nitrogen and oxygen atoms in total. The zero-order valence-corrected chi connectivity index (χ0v) is 11.9. The van der Waals surface area contributed by atoms with Crippen molar-refractivity contribution in [3.8, 4) is 0 Å². The van der Waals surface area contributed by atoms with Crippen LogP contribution >= 0.6 is 0 Å². The lowest BCUT2D eigenvalue weighted by atomic mass is 10.0. The maximum absolute atomic E-state index is 11.7. The van der Waals surface area contributed by atoms with Crippen LogP contribution in [0.5, 0.6) is 0 Å². The molecule has 0 spiro atoms. The van der Waals surface area contributed by atoms with Crippen molar-refractivity contribution in [1.29, 1.82) is 0 Å². The van der Waals surface area contributed by atoms with E-state index in [2.05, 4.69) is 23.9 Å². The van der Waals surface area contributed by atoms with Gasteiger partial charge in [-0.1, -0.05) is 26.7 Å². The Kier molecular flexibility index (Phi) is 6.44. The number of hydrogen-bond donors (Lipinski definition) is 2. The Morgan fingerprint density at radius 3 is 2.41 bits per heavy atom. The van der Waals surface area contributed by atoms with Crippen LogP contribution in [-0.4, -0.2) is 33.3 Å². The molecule has 0 aliphatic heterocycles. The highest BCUT2D eigenvalue weighted by atomic mass is 32.2. The molecule has 17 heavy (non-hydrogen) atoms. The van der Waals surface area contributed by atoms with E-state index in [1.54, 1.807) is 0 Å². The van der Waals surface area contributed by atoms with Gasteiger partial charge in [0.1, 0.15) is 0 Å². The number of sulfonamides is 1. The molecule has 1 saturated carbocycles. The van der Waals surface area contributed by atoms with Gasteiger partial charge in [0.15, 0.2) is 0 Å². The van der Waals surface area contributed by atoms with Gasteiger partial charge < -0.3 is 5.32 Å². The molecule has 0 aromatic carbocycles. The molecule has 0 bridgehead atoms. The molecule has 2 N–H and O–H groups in total. The van der Waals surface area contributed by atoms with Crippen LogP contribution in [-0.2, 0) is 10.0 Å². The highest BCUT2D eigenvalue weighted by Gasteiger charge is 2.20. The molecule has 5 heteroatoms. The van der Waals surface area contributed by atoms with Gasteiger partial charge in [-0.25, -0.2) is 13.1 Å². The number of hydrogen-bond acceptors (Lipinski definition) is 3. The average Bonchev–Trinajstić information content (AvgIpc) is 3.10. The van der Waals surface area contributed by atoms with Gasteiger partial charge in [0.25, 0.3) is 0 Å². The molecule has 0 atom stereocenters. The molecule has 102 valence electrons. The molecule has 1 aliphatic carbocycles. The summed E-state index contributed by atoms with van der Waals surface area (Å²) in [5.41, 5.74) is 0. The van der Waals surface area contributed by atoms with Crippen LogP contribution in [0.1, 0.15) is 46.0 Å². The minimum Gasteiger partial charge on any atom is -0.314 e. The van der Waals surface area contributed by atoms with Crippen molar-refractivity contribution in [2.75, 3.05) is 18.8 Å². The third kappa shape index (κ3) is 7.01. The summed E-state index contributed by atoms with van der Waals surface area (Å²) in [5, 5.41) is 3.32. The van der Waals surface area contributed by atoms with E-state index in [9.17, 15) is 8.42 Å². The normalized spacial score (nSPS) is 16.6. The van der Waals surface area contributed by atoms with Crippen LogP contribution in [0.25, 0.3) is 0 Å². The van der Waals surface area contributed by atoms with Crippen LogP contribution in [0.2, 0.25) is 0 Å². The second-order valence-electron chi connectivity index (χ2n) is 4.93. The number of nitrogens with one attached hydrogen (secondary N) is 2. The lowest BCUT2D eigenvalue weighted by Crippen LogP contribution is -2.32. The van der Waals surface area contributed by atoms with E-state index < -0.39 is 10.0 Å². The van der Waals surface area contributed by atoms with Crippen molar-refractivity contribution >= 4 is 10.0 Å². The van der Waals surface area contributed by atoms with Crippen molar-refractivity contribution in [3.63, 3.8) is 0 Å². The fraction of sp³-hybridized carbons (Fsp3) is 1.00. The first-order valence-electron chi connectivity index (χ1n) is 6.78. The van der Waals surface area contributed by atoms with Gasteiger partial charge in [0, 0.05) is 12.6 Å². The first-order chi connectivity index (χ1) is 8.07. The maximum atomic E-state index is 11.7. The van der Waals surface area contributed by atoms with Crippen LogP contribution in [0.3, 0.4) is 0 Å². The maximum Gasteiger partial charge on any atom is 0.211 e. The summed E-state index contributed by atoms with van der Waals surface area (Å²) in [7, 11) is -3.06. The van der Waals surface area contributed by atoms with Crippen molar-refractivity contribution in [3.05, 3.63) is 0 Å². The topological polar surface area (TPSA) is 58.2 Å². The molecule has 0 aromatic rings. The standard InChI is InChI=1S/C12H26N2O2S/c1-3-11(4-2)10-14-17(15,16)9-5-8-13-12-6-7-12/h11-14H,3-10H2,1-2H3. The van der Waals surface area contributed by atoms with Crippen molar-refractivity contribution in [1.82, 2.24) is 10.0 Å². The van der Waals surface area contributed by atoms with Crippen LogP contribution in [0, 0.1) is 5.92 Å². The summed E-state index contributed by atoms with van der Waals surface area (Å²) in [6.07, 6.45) is 5.26. The van der Waals surface area contributed by atoms with E-state index >= 15 is 0 Å². The molecule has 0 radical (unpaired) electrons. The van der Waals surface area contributed by atoms with Gasteiger partial charge in [-0.05, 0) is 31.7 Å². The lowest BCUT2D eigenvalue weighted by molar-refractivity contribution is 0.478. The Labute approximate surface area is 106 Å². The van der Waals surface area contributed by atoms with E-state index in [0.717, 1.165) is 19.4 Å². The zero-order valence-electron chi connectivity index (χ0n) is 11.0. The Morgan fingerprint density at radius 1 is 1.24 bits per heavy atom. The second kappa shape index (κ2) is 7.34. The molecule has 1 rings (SSSR count). The van der Waals surface area contributed by atoms with Gasteiger partial charge in [-0.3, -0.25) is 0 Å². The third-order valence-corrected chi connectivity index (χ3v) is 4.78. The monoisotopic (exact) mass is 262 g/mol. The average molecular weight is 262 g/mol. The van der Waals surface area contributed by atoms with E-state index in [-0.39, 0.29) is 5.75 Å². The summed E-state index contributed by atoms with van der Waals surface area (Å²) in [4.78, 5) is 0. The van der Waals surface area contributed by atoms with E-state index in [1.807, 2.05) is 0 Å². The highest BCUT2D eigenvalue weighted by molar-refractivity contribution is 7.89. The highest BCUT2D eigenvalue weighted by Crippen LogP contribution is 2.18. The minimum absolute atomic E-state index is 0.243. The Bertz CT molecular complexity index is 296. The van der Waals surface area contributed by atoms with Gasteiger partial charge in [0.05, 0.1) is 5.75 Å². The second-order valence-corrected chi connectivity index (χ2v) is 6.86. The van der Waals surface area contributed by atoms with Crippen LogP contribution in [0.4, 0.5) is 0 Å². The molecule has 0 heterocycles. The Morgan fingerprint density at radius 2 is 1.88 bits per heavy atom. The number of rotatable bonds is 10. The van der Waals surface area contributed by atoms with E-state index in [0.29, 0.717) is 24.9 Å². The summed E-state index contributed by atoms with van der Waals surface area (Å²) < 4.78 is 26.1. The first kappa shape index (κ1) is 14.9. The fourth-order valence-corrected chi connectivity index (χ4v) is 2.91. The third-order valence-electron chi connectivity index (χ3n) is 3.35. The molecule has 1 aliphatic rings. The minimum atomic E-state index is -3.06. The summed E-state index contributed by atoms with van der Waals surface area (Å²) >= 11 is 0. The molecule has 0 unspecified atom stereocenters. The fourth-order valence-electron chi connectivity index (χ4n) is 1.75. The smallest absolute Gasteiger partial charge is 0.211 e. The zero-order chi connectivity index (χ0) is 12.7. The van der Waals surface area contributed by atoms with Crippen LogP contribution in [0.15, 0.2) is 0 Å². The molecular weight excluding hydrogens is 236 g/mol. The van der Waals surface area contributed by atoms with Crippen molar-refractivity contribution < 1.29 is 8.42 Å². The predicted molar refractivity (Wildman–Crippen MR) is 71.5 cm³/mol. The molecule has 0 aromatic heterocycles. The molecule has 1 fully saturated rings. The van der Waals surface area contributed by atoms with E-state index in [4.69, 9.17) is 0 Å². The molecule has 0 saturated heterocycles. The van der Waals surface area contributed by atoms with Gasteiger partial charge >= 0.3 is 0 Å². The van der Waals surface area contributed by atoms with Crippen molar-refractivity contribution in [2.45, 2.75) is 52.0 Å². The summed E-state index contributed by atoms with van der Waals surface area (Å²) in [6.45, 7) is 5.60. The van der Waals surface area contributed by atoms with Gasteiger partial charge in [0.2, 0.25) is 10.0 Å². The van der Waals surface area contributed by atoms with Crippen LogP contribution < -0.4 is 10.0 Å². The van der Waals surface area contributed by atoms with Gasteiger partial charge in [-0.15, -0.1) is 0 Å². The Balaban J connectivity index is 2.10. The van der Waals surface area contributed by atoms with E-state index in [1.165, 1.54) is 12.8 Å². The lowest BCUT2D eigenvalue weighted by Gasteiger charge is -2.13. The summed E-state index contributed by atoms with van der Waals surface area (Å²) in [6, 6.07) is 0.662. The van der Waals surface area contributed by atoms with Crippen molar-refractivity contribution in [2.24, 2.45) is 5.92 Å².